The standard InChI is InChI=1S/C26H18N.C5H8O2.Ir/c1-26(2)21-11-4-3-8-18(21)19-9-6-10-20(25(19)26)23-15-17-14-13-16-7-5-12-22(27-23)24(16)17;1-4(6)3-5(2)7;/h3-9,11-15H,1-2H3;3,6H,1-2H3;/q-1;;. The maximum absolute atomic E-state index is 10.0. The molecule has 1 aromatic heterocycles. The molecule has 0 unspecified atom stereocenters. The Morgan fingerprint density at radius 2 is 1.71 bits per heavy atom. The second-order valence-corrected chi connectivity index (χ2v) is 9.38. The summed E-state index contributed by atoms with van der Waals surface area (Å²) in [4.78, 5) is 15.1. The zero-order valence-electron chi connectivity index (χ0n) is 20.1. The number of benzene rings is 3. The van der Waals surface area contributed by atoms with Gasteiger partial charge in [-0.1, -0.05) is 74.0 Å². The fourth-order valence-corrected chi connectivity index (χ4v) is 5.19. The van der Waals surface area contributed by atoms with Crippen LogP contribution < -0.4 is 0 Å². The van der Waals surface area contributed by atoms with Crippen LogP contribution in [0.3, 0.4) is 0 Å². The van der Waals surface area contributed by atoms with Crippen molar-refractivity contribution in [1.82, 2.24) is 4.98 Å². The number of pyridine rings is 1. The molecular formula is C31H26IrNO2-. The number of ketones is 1. The second-order valence-electron chi connectivity index (χ2n) is 9.38. The minimum absolute atomic E-state index is 0. The van der Waals surface area contributed by atoms with Crippen LogP contribution in [0.5, 0.6) is 0 Å². The van der Waals surface area contributed by atoms with Crippen molar-refractivity contribution in [2.75, 3.05) is 0 Å². The summed E-state index contributed by atoms with van der Waals surface area (Å²) in [6.45, 7) is 7.47. The van der Waals surface area contributed by atoms with Crippen molar-refractivity contribution in [2.24, 2.45) is 0 Å². The molecule has 0 saturated heterocycles. The van der Waals surface area contributed by atoms with E-state index in [-0.39, 0.29) is 37.1 Å². The van der Waals surface area contributed by atoms with Crippen LogP contribution in [-0.4, -0.2) is 15.9 Å². The summed E-state index contributed by atoms with van der Waals surface area (Å²) in [5.74, 6) is -0.0625. The predicted octanol–water partition coefficient (Wildman–Crippen LogP) is 7.53. The number of aliphatic hydroxyl groups is 1. The number of rotatable bonds is 2. The first-order chi connectivity index (χ1) is 16.3. The van der Waals surface area contributed by atoms with Crippen molar-refractivity contribution < 1.29 is 30.0 Å². The van der Waals surface area contributed by atoms with Crippen LogP contribution >= 0.6 is 0 Å². The van der Waals surface area contributed by atoms with Crippen molar-refractivity contribution >= 4 is 28.8 Å². The SMILES string of the molecule is CC(=O)C=C(C)O.CC1(C)c2ccccc2-c2cc[c-]c(-c3cc4c5c(cccc5n3)C=C4)c21.[Ir]. The second kappa shape index (κ2) is 9.37. The van der Waals surface area contributed by atoms with Gasteiger partial charge in [-0.05, 0) is 53.3 Å². The Morgan fingerprint density at radius 3 is 2.43 bits per heavy atom. The van der Waals surface area contributed by atoms with E-state index in [1.807, 2.05) is 6.07 Å². The van der Waals surface area contributed by atoms with E-state index in [0.29, 0.717) is 0 Å². The minimum Gasteiger partial charge on any atom is -0.512 e. The first-order valence-corrected chi connectivity index (χ1v) is 11.4. The Morgan fingerprint density at radius 1 is 0.971 bits per heavy atom. The van der Waals surface area contributed by atoms with Crippen molar-refractivity contribution in [1.29, 1.82) is 0 Å². The van der Waals surface area contributed by atoms with E-state index in [4.69, 9.17) is 10.1 Å². The van der Waals surface area contributed by atoms with Gasteiger partial charge < -0.3 is 5.11 Å². The molecule has 0 spiro atoms. The third kappa shape index (κ3) is 4.29. The first kappa shape index (κ1) is 24.8. The van der Waals surface area contributed by atoms with Gasteiger partial charge in [0.1, 0.15) is 0 Å². The largest absolute Gasteiger partial charge is 0.512 e. The molecule has 1 heterocycles. The first-order valence-electron chi connectivity index (χ1n) is 11.4. The number of nitrogens with zero attached hydrogens (tertiary/aromatic N) is 1. The van der Waals surface area contributed by atoms with E-state index < -0.39 is 0 Å². The predicted molar refractivity (Wildman–Crippen MR) is 140 cm³/mol. The number of hydrogen-bond acceptors (Lipinski definition) is 3. The van der Waals surface area contributed by atoms with Gasteiger partial charge in [0.25, 0.3) is 0 Å². The normalized spacial score (nSPS) is 14.0. The summed E-state index contributed by atoms with van der Waals surface area (Å²) in [6, 6.07) is 25.1. The van der Waals surface area contributed by atoms with Gasteiger partial charge in [-0.15, -0.1) is 29.3 Å². The van der Waals surface area contributed by atoms with Gasteiger partial charge >= 0.3 is 0 Å². The van der Waals surface area contributed by atoms with E-state index in [1.54, 1.807) is 0 Å². The van der Waals surface area contributed by atoms with Crippen molar-refractivity contribution in [3.63, 3.8) is 0 Å². The molecule has 2 aliphatic rings. The van der Waals surface area contributed by atoms with Crippen LogP contribution in [0, 0.1) is 6.07 Å². The van der Waals surface area contributed by atoms with E-state index in [1.165, 1.54) is 58.7 Å². The molecule has 0 bridgehead atoms. The molecule has 0 amide bonds. The van der Waals surface area contributed by atoms with Gasteiger partial charge in [0.15, 0.2) is 5.78 Å². The quantitative estimate of drug-likeness (QED) is 0.124. The van der Waals surface area contributed by atoms with Gasteiger partial charge in [0.05, 0.1) is 11.3 Å². The van der Waals surface area contributed by atoms with Crippen molar-refractivity contribution in [3.05, 3.63) is 101 Å². The van der Waals surface area contributed by atoms with Crippen LogP contribution in [0.25, 0.3) is 45.4 Å². The fourth-order valence-electron chi connectivity index (χ4n) is 5.19. The summed E-state index contributed by atoms with van der Waals surface area (Å²) < 4.78 is 0. The van der Waals surface area contributed by atoms with Gasteiger partial charge in [0, 0.05) is 31.6 Å². The molecule has 3 aromatic carbocycles. The average molecular weight is 637 g/mol. The molecule has 1 radical (unpaired) electrons. The molecule has 2 aliphatic carbocycles. The monoisotopic (exact) mass is 637 g/mol. The van der Waals surface area contributed by atoms with E-state index in [9.17, 15) is 4.79 Å². The van der Waals surface area contributed by atoms with Crippen LogP contribution in [-0.2, 0) is 30.3 Å². The number of fused-ring (bicyclic) bond motifs is 3. The van der Waals surface area contributed by atoms with Gasteiger partial charge in [-0.3, -0.25) is 9.78 Å². The molecule has 35 heavy (non-hydrogen) atoms. The summed E-state index contributed by atoms with van der Waals surface area (Å²) in [6.07, 6.45) is 5.55. The average Bonchev–Trinajstić information content (AvgIpc) is 3.32. The topological polar surface area (TPSA) is 50.2 Å². The fraction of sp³-hybridized carbons (Fsp3) is 0.161. The number of carbonyl (C=O) groups excluding carboxylic acids is 1. The molecule has 4 heteroatoms. The number of hydrogen-bond donors (Lipinski definition) is 1. The van der Waals surface area contributed by atoms with Crippen LogP contribution in [0.4, 0.5) is 0 Å². The molecule has 0 saturated carbocycles. The Balaban J connectivity index is 0.000000320. The third-order valence-corrected chi connectivity index (χ3v) is 6.52. The Labute approximate surface area is 219 Å². The summed E-state index contributed by atoms with van der Waals surface area (Å²) in [5.41, 5.74) is 11.0. The smallest absolute Gasteiger partial charge is 0.155 e. The van der Waals surface area contributed by atoms with Crippen LogP contribution in [0.15, 0.2) is 72.5 Å². The Hall–Kier alpha value is -3.33. The molecule has 0 aliphatic heterocycles. The van der Waals surface area contributed by atoms with E-state index in [0.717, 1.165) is 16.8 Å². The minimum atomic E-state index is -0.125. The summed E-state index contributed by atoms with van der Waals surface area (Å²) >= 11 is 0. The molecular weight excluding hydrogens is 611 g/mol. The number of allylic oxidation sites excluding steroid dienone is 2. The number of carbonyl (C=O) groups is 1. The van der Waals surface area contributed by atoms with Gasteiger partial charge in [-0.25, -0.2) is 0 Å². The van der Waals surface area contributed by atoms with E-state index in [2.05, 4.69) is 86.7 Å². The number of aromatic nitrogens is 1. The molecule has 177 valence electrons. The molecule has 4 aromatic rings. The van der Waals surface area contributed by atoms with Crippen molar-refractivity contribution in [3.8, 4) is 22.4 Å². The Bertz CT molecular complexity index is 1520. The maximum atomic E-state index is 10.0. The van der Waals surface area contributed by atoms with Crippen molar-refractivity contribution in [2.45, 2.75) is 33.1 Å². The summed E-state index contributed by atoms with van der Waals surface area (Å²) in [5, 5.41) is 9.62. The van der Waals surface area contributed by atoms with Gasteiger partial charge in [-0.2, -0.15) is 0 Å². The number of aliphatic hydroxyl groups excluding tert-OH is 1. The Kier molecular flexibility index (Phi) is 6.64. The molecule has 0 fully saturated rings. The van der Waals surface area contributed by atoms with Crippen LogP contribution in [0.1, 0.15) is 49.9 Å². The maximum Gasteiger partial charge on any atom is 0.155 e. The van der Waals surface area contributed by atoms with Crippen LogP contribution in [0.2, 0.25) is 0 Å². The molecule has 6 rings (SSSR count). The summed E-state index contributed by atoms with van der Waals surface area (Å²) in [7, 11) is 0. The molecule has 3 nitrogen and oxygen atoms in total. The molecule has 0 atom stereocenters. The molecule has 1 N–H and O–H groups in total. The van der Waals surface area contributed by atoms with Gasteiger partial charge in [0.2, 0.25) is 0 Å². The zero-order chi connectivity index (χ0) is 24.0. The third-order valence-electron chi connectivity index (χ3n) is 6.52. The van der Waals surface area contributed by atoms with E-state index >= 15 is 0 Å². The zero-order valence-corrected chi connectivity index (χ0v) is 22.5.